The molecule has 0 aliphatic heterocycles. The van der Waals surface area contributed by atoms with Gasteiger partial charge >= 0.3 is 0 Å². The molecule has 0 saturated heterocycles. The second-order valence-corrected chi connectivity index (χ2v) is 6.05. The van der Waals surface area contributed by atoms with Gasteiger partial charge in [-0.2, -0.15) is 5.10 Å². The van der Waals surface area contributed by atoms with Crippen molar-refractivity contribution in [3.05, 3.63) is 65.9 Å². The molecule has 24 heavy (non-hydrogen) atoms. The zero-order chi connectivity index (χ0) is 16.7. The summed E-state index contributed by atoms with van der Waals surface area (Å²) in [4.78, 5) is 15.1. The summed E-state index contributed by atoms with van der Waals surface area (Å²) in [5, 5.41) is 6.24. The molecule has 0 spiro atoms. The van der Waals surface area contributed by atoms with E-state index in [1.165, 1.54) is 11.6 Å². The standard InChI is InChI=1S/C19H14ClN3O/c1-12(24)23-11-17(16-10-21-18-5-3-2-4-15(16)18)19(22-23)13-6-8-14(20)9-7-13/h2-11,21H,1H3. The van der Waals surface area contributed by atoms with Gasteiger partial charge in [-0.15, -0.1) is 0 Å². The van der Waals surface area contributed by atoms with Crippen LogP contribution in [-0.4, -0.2) is 20.7 Å². The highest BCUT2D eigenvalue weighted by molar-refractivity contribution is 6.30. The number of hydrogen-bond acceptors (Lipinski definition) is 2. The van der Waals surface area contributed by atoms with Crippen molar-refractivity contribution in [1.29, 1.82) is 0 Å². The maximum absolute atomic E-state index is 11.8. The molecule has 0 saturated carbocycles. The molecule has 2 heterocycles. The predicted molar refractivity (Wildman–Crippen MR) is 96.3 cm³/mol. The number of nitrogens with one attached hydrogen (secondary N) is 1. The third-order valence-electron chi connectivity index (χ3n) is 4.03. The summed E-state index contributed by atoms with van der Waals surface area (Å²) in [7, 11) is 0. The number of para-hydroxylation sites is 1. The van der Waals surface area contributed by atoms with Crippen LogP contribution in [0.4, 0.5) is 0 Å². The highest BCUT2D eigenvalue weighted by atomic mass is 35.5. The van der Waals surface area contributed by atoms with Crippen molar-refractivity contribution in [2.24, 2.45) is 0 Å². The smallest absolute Gasteiger partial charge is 0.243 e. The van der Waals surface area contributed by atoms with Crippen molar-refractivity contribution < 1.29 is 4.79 Å². The fourth-order valence-corrected chi connectivity index (χ4v) is 2.97. The first kappa shape index (κ1) is 14.7. The van der Waals surface area contributed by atoms with Gasteiger partial charge in [-0.1, -0.05) is 41.9 Å². The first-order chi connectivity index (χ1) is 11.6. The molecule has 0 bridgehead atoms. The molecule has 1 N–H and O–H groups in total. The average molecular weight is 336 g/mol. The summed E-state index contributed by atoms with van der Waals surface area (Å²) in [5.41, 5.74) is 4.64. The fraction of sp³-hybridized carbons (Fsp3) is 0.0526. The monoisotopic (exact) mass is 335 g/mol. The van der Waals surface area contributed by atoms with Crippen LogP contribution in [0.2, 0.25) is 5.02 Å². The van der Waals surface area contributed by atoms with E-state index in [9.17, 15) is 4.79 Å². The van der Waals surface area contributed by atoms with Crippen LogP contribution in [0.5, 0.6) is 0 Å². The molecule has 4 nitrogen and oxygen atoms in total. The Morgan fingerprint density at radius 3 is 2.58 bits per heavy atom. The molecule has 0 aliphatic rings. The normalized spacial score (nSPS) is 11.1. The van der Waals surface area contributed by atoms with Gasteiger partial charge in [0.05, 0.1) is 0 Å². The minimum atomic E-state index is -0.128. The third-order valence-corrected chi connectivity index (χ3v) is 4.29. The molecule has 0 aliphatic carbocycles. The second kappa shape index (κ2) is 5.65. The summed E-state index contributed by atoms with van der Waals surface area (Å²) in [6, 6.07) is 15.5. The van der Waals surface area contributed by atoms with Crippen LogP contribution in [0.3, 0.4) is 0 Å². The van der Waals surface area contributed by atoms with Crippen molar-refractivity contribution in [3.8, 4) is 22.4 Å². The predicted octanol–water partition coefficient (Wildman–Crippen LogP) is 5.01. The van der Waals surface area contributed by atoms with Gasteiger partial charge in [-0.3, -0.25) is 4.79 Å². The van der Waals surface area contributed by atoms with E-state index in [0.717, 1.165) is 33.3 Å². The van der Waals surface area contributed by atoms with E-state index >= 15 is 0 Å². The van der Waals surface area contributed by atoms with Crippen LogP contribution in [-0.2, 0) is 0 Å². The van der Waals surface area contributed by atoms with Gasteiger partial charge in [0.2, 0.25) is 5.91 Å². The number of aromatic nitrogens is 3. The molecule has 4 rings (SSSR count). The van der Waals surface area contributed by atoms with Gasteiger partial charge < -0.3 is 4.98 Å². The van der Waals surface area contributed by atoms with Crippen LogP contribution in [0.15, 0.2) is 60.9 Å². The summed E-state index contributed by atoms with van der Waals surface area (Å²) in [5.74, 6) is -0.128. The van der Waals surface area contributed by atoms with Gasteiger partial charge in [-0.25, -0.2) is 4.68 Å². The minimum Gasteiger partial charge on any atom is -0.361 e. The third kappa shape index (κ3) is 2.41. The Bertz CT molecular complexity index is 1040. The lowest BCUT2D eigenvalue weighted by Crippen LogP contribution is -2.05. The van der Waals surface area contributed by atoms with E-state index in [4.69, 9.17) is 11.6 Å². The maximum Gasteiger partial charge on any atom is 0.243 e. The minimum absolute atomic E-state index is 0.128. The number of halogens is 1. The Kier molecular flexibility index (Phi) is 3.47. The van der Waals surface area contributed by atoms with Crippen LogP contribution in [0.25, 0.3) is 33.3 Å². The average Bonchev–Trinajstić information content (AvgIpc) is 3.19. The molecule has 0 amide bonds. The van der Waals surface area contributed by atoms with Crippen molar-refractivity contribution in [3.63, 3.8) is 0 Å². The van der Waals surface area contributed by atoms with Crippen molar-refractivity contribution in [1.82, 2.24) is 14.8 Å². The number of hydrogen-bond donors (Lipinski definition) is 1. The van der Waals surface area contributed by atoms with Crippen molar-refractivity contribution in [2.45, 2.75) is 6.92 Å². The molecule has 0 unspecified atom stereocenters. The first-order valence-corrected chi connectivity index (χ1v) is 7.94. The molecule has 0 fully saturated rings. The van der Waals surface area contributed by atoms with Crippen LogP contribution in [0, 0.1) is 0 Å². The zero-order valence-electron chi connectivity index (χ0n) is 13.0. The number of carbonyl (C=O) groups excluding carboxylic acids is 1. The van der Waals surface area contributed by atoms with Crippen LogP contribution < -0.4 is 0 Å². The second-order valence-electron chi connectivity index (χ2n) is 5.61. The lowest BCUT2D eigenvalue weighted by Gasteiger charge is -2.02. The summed E-state index contributed by atoms with van der Waals surface area (Å²) in [6.45, 7) is 1.50. The zero-order valence-corrected chi connectivity index (χ0v) is 13.7. The number of nitrogens with zero attached hydrogens (tertiary/aromatic N) is 2. The molecular formula is C19H14ClN3O. The number of rotatable bonds is 2. The first-order valence-electron chi connectivity index (χ1n) is 7.56. The summed E-state index contributed by atoms with van der Waals surface area (Å²) in [6.07, 6.45) is 3.73. The Morgan fingerprint density at radius 2 is 1.83 bits per heavy atom. The van der Waals surface area contributed by atoms with E-state index in [0.29, 0.717) is 5.02 Å². The van der Waals surface area contributed by atoms with Gasteiger partial charge in [0.15, 0.2) is 0 Å². The number of aromatic amines is 1. The maximum atomic E-state index is 11.8. The SMILES string of the molecule is CC(=O)n1cc(-c2c[nH]c3ccccc23)c(-c2ccc(Cl)cc2)n1. The van der Waals surface area contributed by atoms with E-state index in [-0.39, 0.29) is 5.91 Å². The highest BCUT2D eigenvalue weighted by Gasteiger charge is 2.17. The lowest BCUT2D eigenvalue weighted by molar-refractivity contribution is 0.0921. The van der Waals surface area contributed by atoms with Gasteiger partial charge in [0.1, 0.15) is 5.69 Å². The Hall–Kier alpha value is -2.85. The Balaban J connectivity index is 1.97. The summed E-state index contributed by atoms with van der Waals surface area (Å²) < 4.78 is 1.38. The largest absolute Gasteiger partial charge is 0.361 e. The van der Waals surface area contributed by atoms with Gasteiger partial charge in [0.25, 0.3) is 0 Å². The molecule has 0 radical (unpaired) electrons. The lowest BCUT2D eigenvalue weighted by atomic mass is 10.0. The van der Waals surface area contributed by atoms with Crippen molar-refractivity contribution >= 4 is 28.4 Å². The number of carbonyl (C=O) groups is 1. The van der Waals surface area contributed by atoms with Crippen LogP contribution in [0.1, 0.15) is 11.7 Å². The van der Waals surface area contributed by atoms with Gasteiger partial charge in [0, 0.05) is 51.9 Å². The van der Waals surface area contributed by atoms with Crippen molar-refractivity contribution in [2.75, 3.05) is 0 Å². The quantitative estimate of drug-likeness (QED) is 0.559. The van der Waals surface area contributed by atoms with Crippen LogP contribution >= 0.6 is 11.6 Å². The summed E-state index contributed by atoms with van der Waals surface area (Å²) >= 11 is 5.99. The van der Waals surface area contributed by atoms with E-state index in [1.807, 2.05) is 48.7 Å². The number of benzene rings is 2. The fourth-order valence-electron chi connectivity index (χ4n) is 2.85. The molecule has 0 atom stereocenters. The number of H-pyrrole nitrogens is 1. The van der Waals surface area contributed by atoms with Gasteiger partial charge in [-0.05, 0) is 18.2 Å². The molecule has 2 aromatic carbocycles. The van der Waals surface area contributed by atoms with E-state index < -0.39 is 0 Å². The topological polar surface area (TPSA) is 50.7 Å². The molecule has 4 aromatic rings. The molecule has 5 heteroatoms. The van der Waals surface area contributed by atoms with E-state index in [2.05, 4.69) is 16.1 Å². The molecule has 2 aromatic heterocycles. The Morgan fingerprint density at radius 1 is 1.08 bits per heavy atom. The highest BCUT2D eigenvalue weighted by Crippen LogP contribution is 2.35. The number of fused-ring (bicyclic) bond motifs is 1. The van der Waals surface area contributed by atoms with E-state index in [1.54, 1.807) is 6.20 Å². The molecule has 118 valence electrons. The Labute approximate surface area is 143 Å². The molecular weight excluding hydrogens is 322 g/mol.